The molecule has 0 bridgehead atoms. The highest BCUT2D eigenvalue weighted by Crippen LogP contribution is 2.25. The summed E-state index contributed by atoms with van der Waals surface area (Å²) >= 11 is 0. The summed E-state index contributed by atoms with van der Waals surface area (Å²) in [5.74, 6) is -0.111. The van der Waals surface area contributed by atoms with Crippen molar-refractivity contribution in [2.45, 2.75) is 13.3 Å². The Morgan fingerprint density at radius 1 is 1.26 bits per heavy atom. The molecule has 0 spiro atoms. The van der Waals surface area contributed by atoms with Crippen LogP contribution < -0.4 is 9.62 Å². The molecule has 1 aliphatic heterocycles. The van der Waals surface area contributed by atoms with E-state index >= 15 is 0 Å². The molecule has 3 rings (SSSR count). The monoisotopic (exact) mass is 334 g/mol. The van der Waals surface area contributed by atoms with Gasteiger partial charge in [0.2, 0.25) is 10.0 Å². The van der Waals surface area contributed by atoms with Gasteiger partial charge in [-0.2, -0.15) is 5.10 Å². The van der Waals surface area contributed by atoms with E-state index in [1.165, 1.54) is 4.31 Å². The Hall–Kier alpha value is -2.35. The van der Waals surface area contributed by atoms with Gasteiger partial charge in [0, 0.05) is 25.0 Å². The van der Waals surface area contributed by atoms with Gasteiger partial charge < -0.3 is 5.32 Å². The third-order valence-electron chi connectivity index (χ3n) is 3.86. The Kier molecular flexibility index (Phi) is 3.85. The van der Waals surface area contributed by atoms with Crippen LogP contribution in [-0.2, 0) is 17.1 Å². The highest BCUT2D eigenvalue weighted by molar-refractivity contribution is 7.93. The van der Waals surface area contributed by atoms with Gasteiger partial charge in [-0.3, -0.25) is 13.8 Å². The molecule has 2 heterocycles. The predicted octanol–water partition coefficient (Wildman–Crippen LogP) is 1.52. The predicted molar refractivity (Wildman–Crippen MR) is 88.1 cm³/mol. The van der Waals surface area contributed by atoms with E-state index < -0.39 is 10.0 Å². The standard InChI is InChI=1S/C15H18N4O3S/c1-11-10-14(17-18(11)2)15(20)16-12-4-6-13(7-5-12)19-8-3-9-23(19,21)22/h4-7,10H,3,8-9H2,1-2H3,(H,16,20). The van der Waals surface area contributed by atoms with Crippen LogP contribution >= 0.6 is 0 Å². The van der Waals surface area contributed by atoms with Crippen molar-refractivity contribution < 1.29 is 13.2 Å². The lowest BCUT2D eigenvalue weighted by Gasteiger charge is -2.17. The minimum Gasteiger partial charge on any atom is -0.321 e. The molecule has 7 nitrogen and oxygen atoms in total. The number of aryl methyl sites for hydroxylation is 2. The fourth-order valence-corrected chi connectivity index (χ4v) is 4.07. The van der Waals surface area contributed by atoms with Crippen molar-refractivity contribution in [1.29, 1.82) is 0 Å². The molecule has 0 saturated carbocycles. The summed E-state index contributed by atoms with van der Waals surface area (Å²) in [6.45, 7) is 2.37. The van der Waals surface area contributed by atoms with Crippen LogP contribution in [0.5, 0.6) is 0 Å². The Bertz CT molecular complexity index is 821. The van der Waals surface area contributed by atoms with Gasteiger partial charge in [-0.05, 0) is 43.7 Å². The van der Waals surface area contributed by atoms with Crippen molar-refractivity contribution >= 4 is 27.3 Å². The summed E-state index contributed by atoms with van der Waals surface area (Å²) in [4.78, 5) is 12.1. The molecule has 122 valence electrons. The number of amides is 1. The first-order valence-electron chi connectivity index (χ1n) is 7.29. The van der Waals surface area contributed by atoms with E-state index in [0.717, 1.165) is 5.69 Å². The van der Waals surface area contributed by atoms with Crippen molar-refractivity contribution in [2.24, 2.45) is 7.05 Å². The van der Waals surface area contributed by atoms with Crippen LogP contribution in [0, 0.1) is 6.92 Å². The first kappa shape index (κ1) is 15.5. The van der Waals surface area contributed by atoms with Gasteiger partial charge in [0.25, 0.3) is 5.91 Å². The van der Waals surface area contributed by atoms with Gasteiger partial charge >= 0.3 is 0 Å². The minimum atomic E-state index is -3.19. The number of carbonyl (C=O) groups excluding carboxylic acids is 1. The SMILES string of the molecule is Cc1cc(C(=O)Nc2ccc(N3CCCS3(=O)=O)cc2)nn1C. The fourth-order valence-electron chi connectivity index (χ4n) is 2.51. The molecule has 1 fully saturated rings. The van der Waals surface area contributed by atoms with E-state index in [4.69, 9.17) is 0 Å². The zero-order valence-electron chi connectivity index (χ0n) is 13.0. The zero-order chi connectivity index (χ0) is 16.6. The highest BCUT2D eigenvalue weighted by atomic mass is 32.2. The topological polar surface area (TPSA) is 84.3 Å². The molecular formula is C15H18N4O3S. The summed E-state index contributed by atoms with van der Waals surface area (Å²) in [6.07, 6.45) is 0.639. The van der Waals surface area contributed by atoms with Crippen LogP contribution in [0.3, 0.4) is 0 Å². The van der Waals surface area contributed by atoms with Crippen molar-refractivity contribution in [3.63, 3.8) is 0 Å². The summed E-state index contributed by atoms with van der Waals surface area (Å²) in [7, 11) is -1.41. The van der Waals surface area contributed by atoms with E-state index in [2.05, 4.69) is 10.4 Å². The maximum Gasteiger partial charge on any atom is 0.276 e. The average Bonchev–Trinajstić information content (AvgIpc) is 3.02. The summed E-state index contributed by atoms with van der Waals surface area (Å²) in [6, 6.07) is 8.48. The second-order valence-corrected chi connectivity index (χ2v) is 7.55. The highest BCUT2D eigenvalue weighted by Gasteiger charge is 2.28. The second-order valence-electron chi connectivity index (χ2n) is 5.54. The van der Waals surface area contributed by atoms with Crippen LogP contribution in [-0.4, -0.2) is 36.4 Å². The molecule has 2 aromatic rings. The van der Waals surface area contributed by atoms with E-state index in [1.807, 2.05) is 6.92 Å². The lowest BCUT2D eigenvalue weighted by molar-refractivity contribution is 0.102. The number of hydrogen-bond donors (Lipinski definition) is 1. The minimum absolute atomic E-state index is 0.185. The van der Waals surface area contributed by atoms with Crippen molar-refractivity contribution in [3.05, 3.63) is 41.7 Å². The number of benzene rings is 1. The Balaban J connectivity index is 1.74. The molecule has 1 amide bonds. The molecule has 1 saturated heterocycles. The lowest BCUT2D eigenvalue weighted by Crippen LogP contribution is -2.25. The third-order valence-corrected chi connectivity index (χ3v) is 5.73. The molecule has 1 N–H and O–H groups in total. The number of sulfonamides is 1. The smallest absolute Gasteiger partial charge is 0.276 e. The molecular weight excluding hydrogens is 316 g/mol. The van der Waals surface area contributed by atoms with Crippen LogP contribution in [0.4, 0.5) is 11.4 Å². The van der Waals surface area contributed by atoms with Crippen molar-refractivity contribution in [2.75, 3.05) is 21.9 Å². The second kappa shape index (κ2) is 5.69. The quantitative estimate of drug-likeness (QED) is 0.922. The molecule has 0 aliphatic carbocycles. The molecule has 1 aromatic heterocycles. The number of hydrogen-bond acceptors (Lipinski definition) is 4. The largest absolute Gasteiger partial charge is 0.321 e. The number of aromatic nitrogens is 2. The number of rotatable bonds is 3. The van der Waals surface area contributed by atoms with Gasteiger partial charge in [0.1, 0.15) is 0 Å². The molecule has 0 unspecified atom stereocenters. The maximum absolute atomic E-state index is 12.1. The number of anilines is 2. The van der Waals surface area contributed by atoms with E-state index in [1.54, 1.807) is 42.1 Å². The Labute approximate surface area is 135 Å². The number of carbonyl (C=O) groups is 1. The van der Waals surface area contributed by atoms with Crippen LogP contribution in [0.2, 0.25) is 0 Å². The number of nitrogens with one attached hydrogen (secondary N) is 1. The molecule has 23 heavy (non-hydrogen) atoms. The van der Waals surface area contributed by atoms with E-state index in [-0.39, 0.29) is 11.7 Å². The normalized spacial score (nSPS) is 16.5. The molecule has 0 radical (unpaired) electrons. The van der Waals surface area contributed by atoms with E-state index in [0.29, 0.717) is 30.0 Å². The molecule has 1 aliphatic rings. The van der Waals surface area contributed by atoms with Crippen molar-refractivity contribution in [1.82, 2.24) is 9.78 Å². The molecule has 8 heteroatoms. The van der Waals surface area contributed by atoms with E-state index in [9.17, 15) is 13.2 Å². The Morgan fingerprint density at radius 2 is 1.96 bits per heavy atom. The lowest BCUT2D eigenvalue weighted by atomic mass is 10.2. The van der Waals surface area contributed by atoms with Crippen LogP contribution in [0.1, 0.15) is 22.6 Å². The third kappa shape index (κ3) is 3.07. The molecule has 0 atom stereocenters. The van der Waals surface area contributed by atoms with Crippen LogP contribution in [0.25, 0.3) is 0 Å². The first-order valence-corrected chi connectivity index (χ1v) is 8.90. The van der Waals surface area contributed by atoms with Gasteiger partial charge in [0.15, 0.2) is 5.69 Å². The summed E-state index contributed by atoms with van der Waals surface area (Å²) in [5, 5.41) is 6.88. The van der Waals surface area contributed by atoms with Gasteiger partial charge in [-0.15, -0.1) is 0 Å². The first-order chi connectivity index (χ1) is 10.9. The zero-order valence-corrected chi connectivity index (χ0v) is 13.8. The van der Waals surface area contributed by atoms with Gasteiger partial charge in [-0.1, -0.05) is 0 Å². The average molecular weight is 334 g/mol. The molecule has 1 aromatic carbocycles. The summed E-state index contributed by atoms with van der Waals surface area (Å²) in [5.41, 5.74) is 2.45. The van der Waals surface area contributed by atoms with Crippen LogP contribution in [0.15, 0.2) is 30.3 Å². The van der Waals surface area contributed by atoms with Gasteiger partial charge in [0.05, 0.1) is 11.4 Å². The number of nitrogens with zero attached hydrogens (tertiary/aromatic N) is 3. The van der Waals surface area contributed by atoms with Crippen molar-refractivity contribution in [3.8, 4) is 0 Å². The maximum atomic E-state index is 12.1. The Morgan fingerprint density at radius 3 is 2.48 bits per heavy atom. The fraction of sp³-hybridized carbons (Fsp3) is 0.333. The van der Waals surface area contributed by atoms with Gasteiger partial charge in [-0.25, -0.2) is 8.42 Å². The summed E-state index contributed by atoms with van der Waals surface area (Å²) < 4.78 is 26.8.